The SMILES string of the molecule is Nc1n[nH]c(N)c1N=Nc1ccc(OC(F)(F)F)c(Cl)c1. The molecule has 11 heteroatoms. The molecular formula is C10H8ClF3N6O. The summed E-state index contributed by atoms with van der Waals surface area (Å²) < 4.78 is 40.0. The number of nitrogens with one attached hydrogen (secondary N) is 1. The van der Waals surface area contributed by atoms with Crippen molar-refractivity contribution in [1.82, 2.24) is 10.2 Å². The van der Waals surface area contributed by atoms with Gasteiger partial charge in [-0.3, -0.25) is 5.10 Å². The predicted molar refractivity (Wildman–Crippen MR) is 69.7 cm³/mol. The molecule has 2 aromatic rings. The van der Waals surface area contributed by atoms with E-state index in [4.69, 9.17) is 23.1 Å². The standard InChI is InChI=1S/C10H8ClF3N6O/c11-5-3-4(1-2-6(5)21-10(12,13)14)17-18-7-8(15)19-20-9(7)16/h1-3H,(H5,15,16,19,20). The van der Waals surface area contributed by atoms with Gasteiger partial charge in [0.05, 0.1) is 10.7 Å². The summed E-state index contributed by atoms with van der Waals surface area (Å²) in [4.78, 5) is 0. The monoisotopic (exact) mass is 320 g/mol. The number of aromatic nitrogens is 2. The number of hydrogen-bond acceptors (Lipinski definition) is 6. The number of benzene rings is 1. The second-order valence-corrected chi connectivity index (χ2v) is 4.14. The Kier molecular flexibility index (Phi) is 3.89. The highest BCUT2D eigenvalue weighted by molar-refractivity contribution is 6.32. The van der Waals surface area contributed by atoms with E-state index >= 15 is 0 Å². The summed E-state index contributed by atoms with van der Waals surface area (Å²) in [5.74, 6) is -0.385. The molecule has 2 rings (SSSR count). The number of alkyl halides is 3. The first-order valence-electron chi connectivity index (χ1n) is 5.32. The van der Waals surface area contributed by atoms with Crippen LogP contribution in [0.15, 0.2) is 28.4 Å². The first-order chi connectivity index (χ1) is 9.76. The fraction of sp³-hybridized carbons (Fsp3) is 0.100. The lowest BCUT2D eigenvalue weighted by Crippen LogP contribution is -2.17. The van der Waals surface area contributed by atoms with Crippen molar-refractivity contribution in [2.45, 2.75) is 6.36 Å². The van der Waals surface area contributed by atoms with E-state index in [-0.39, 0.29) is 28.0 Å². The lowest BCUT2D eigenvalue weighted by atomic mass is 10.3. The molecule has 0 radical (unpaired) electrons. The van der Waals surface area contributed by atoms with Crippen LogP contribution in [-0.2, 0) is 0 Å². The van der Waals surface area contributed by atoms with Crippen molar-refractivity contribution < 1.29 is 17.9 Å². The Morgan fingerprint density at radius 3 is 2.48 bits per heavy atom. The Morgan fingerprint density at radius 2 is 1.95 bits per heavy atom. The molecule has 0 unspecified atom stereocenters. The van der Waals surface area contributed by atoms with E-state index in [9.17, 15) is 13.2 Å². The van der Waals surface area contributed by atoms with E-state index in [1.165, 1.54) is 6.07 Å². The van der Waals surface area contributed by atoms with Crippen LogP contribution in [0.3, 0.4) is 0 Å². The summed E-state index contributed by atoms with van der Waals surface area (Å²) in [5.41, 5.74) is 11.3. The van der Waals surface area contributed by atoms with Gasteiger partial charge in [-0.1, -0.05) is 11.6 Å². The third kappa shape index (κ3) is 3.75. The summed E-state index contributed by atoms with van der Waals surface area (Å²) >= 11 is 5.66. The second-order valence-electron chi connectivity index (χ2n) is 3.73. The van der Waals surface area contributed by atoms with Gasteiger partial charge in [-0.2, -0.15) is 10.2 Å². The minimum absolute atomic E-state index is 0.0411. The van der Waals surface area contributed by atoms with E-state index in [0.717, 1.165) is 12.1 Å². The topological polar surface area (TPSA) is 115 Å². The van der Waals surface area contributed by atoms with Gasteiger partial charge in [0.2, 0.25) is 0 Å². The van der Waals surface area contributed by atoms with Crippen molar-refractivity contribution in [3.05, 3.63) is 23.2 Å². The van der Waals surface area contributed by atoms with Crippen LogP contribution in [0, 0.1) is 0 Å². The molecule has 0 amide bonds. The zero-order valence-electron chi connectivity index (χ0n) is 10.1. The van der Waals surface area contributed by atoms with Crippen LogP contribution < -0.4 is 16.2 Å². The molecule has 0 aliphatic rings. The van der Waals surface area contributed by atoms with Gasteiger partial charge in [0.1, 0.15) is 11.6 Å². The van der Waals surface area contributed by atoms with E-state index in [1.54, 1.807) is 0 Å². The van der Waals surface area contributed by atoms with Gasteiger partial charge in [0, 0.05) is 0 Å². The maximum absolute atomic E-state index is 12.1. The smallest absolute Gasteiger partial charge is 0.404 e. The number of nitrogen functional groups attached to an aromatic ring is 2. The van der Waals surface area contributed by atoms with E-state index < -0.39 is 12.1 Å². The number of aromatic amines is 1. The summed E-state index contributed by atoms with van der Waals surface area (Å²) in [6, 6.07) is 3.41. The average molecular weight is 321 g/mol. The van der Waals surface area contributed by atoms with E-state index in [2.05, 4.69) is 25.2 Å². The molecule has 0 saturated carbocycles. The number of nitrogens with two attached hydrogens (primary N) is 2. The third-order valence-electron chi connectivity index (χ3n) is 2.20. The Balaban J connectivity index is 2.21. The van der Waals surface area contributed by atoms with Gasteiger partial charge in [-0.25, -0.2) is 0 Å². The van der Waals surface area contributed by atoms with Gasteiger partial charge < -0.3 is 16.2 Å². The van der Waals surface area contributed by atoms with Crippen molar-refractivity contribution in [2.24, 2.45) is 10.2 Å². The normalized spacial score (nSPS) is 12.0. The van der Waals surface area contributed by atoms with Gasteiger partial charge >= 0.3 is 6.36 Å². The Morgan fingerprint density at radius 1 is 1.24 bits per heavy atom. The van der Waals surface area contributed by atoms with Crippen LogP contribution in [-0.4, -0.2) is 16.6 Å². The molecule has 0 saturated heterocycles. The molecule has 1 aromatic heterocycles. The Hall–Kier alpha value is -2.49. The van der Waals surface area contributed by atoms with Crippen LogP contribution in [0.25, 0.3) is 0 Å². The van der Waals surface area contributed by atoms with Crippen LogP contribution in [0.4, 0.5) is 36.2 Å². The molecule has 0 atom stereocenters. The molecule has 21 heavy (non-hydrogen) atoms. The number of anilines is 2. The number of H-pyrrole nitrogens is 1. The number of azo groups is 1. The zero-order valence-corrected chi connectivity index (χ0v) is 10.9. The number of hydrogen-bond donors (Lipinski definition) is 3. The van der Waals surface area contributed by atoms with E-state index in [0.29, 0.717) is 0 Å². The minimum atomic E-state index is -4.83. The summed E-state index contributed by atoms with van der Waals surface area (Å²) in [6.07, 6.45) is -4.83. The first-order valence-corrected chi connectivity index (χ1v) is 5.70. The molecule has 112 valence electrons. The van der Waals surface area contributed by atoms with Crippen molar-refractivity contribution in [1.29, 1.82) is 0 Å². The highest BCUT2D eigenvalue weighted by Gasteiger charge is 2.32. The predicted octanol–water partition coefficient (Wildman–Crippen LogP) is 3.54. The number of rotatable bonds is 3. The molecule has 5 N–H and O–H groups in total. The average Bonchev–Trinajstić information content (AvgIpc) is 2.68. The first kappa shape index (κ1) is 14.9. The molecule has 1 heterocycles. The summed E-state index contributed by atoms with van der Waals surface area (Å²) in [5, 5.41) is 13.2. The zero-order chi connectivity index (χ0) is 15.6. The molecular weight excluding hydrogens is 313 g/mol. The highest BCUT2D eigenvalue weighted by Crippen LogP contribution is 2.34. The molecule has 0 aliphatic heterocycles. The van der Waals surface area contributed by atoms with Crippen molar-refractivity contribution in [3.8, 4) is 5.75 Å². The lowest BCUT2D eigenvalue weighted by molar-refractivity contribution is -0.274. The minimum Gasteiger partial charge on any atom is -0.404 e. The second kappa shape index (κ2) is 5.48. The van der Waals surface area contributed by atoms with Gasteiger partial charge in [0.25, 0.3) is 0 Å². The van der Waals surface area contributed by atoms with Crippen molar-refractivity contribution in [3.63, 3.8) is 0 Å². The quantitative estimate of drug-likeness (QED) is 0.750. The number of ether oxygens (including phenoxy) is 1. The molecule has 0 fully saturated rings. The maximum atomic E-state index is 12.1. The Labute approximate surface area is 120 Å². The van der Waals surface area contributed by atoms with Crippen molar-refractivity contribution >= 4 is 34.6 Å². The van der Waals surface area contributed by atoms with Gasteiger partial charge in [0.15, 0.2) is 11.5 Å². The molecule has 0 spiro atoms. The number of nitrogens with zero attached hydrogens (tertiary/aromatic N) is 3. The lowest BCUT2D eigenvalue weighted by Gasteiger charge is -2.10. The van der Waals surface area contributed by atoms with E-state index in [1.807, 2.05) is 0 Å². The summed E-state index contributed by atoms with van der Waals surface area (Å²) in [6.45, 7) is 0. The molecule has 7 nitrogen and oxygen atoms in total. The van der Waals surface area contributed by atoms with Crippen LogP contribution in [0.1, 0.15) is 0 Å². The van der Waals surface area contributed by atoms with Gasteiger partial charge in [-0.15, -0.1) is 18.3 Å². The molecule has 0 bridgehead atoms. The number of halogens is 4. The maximum Gasteiger partial charge on any atom is 0.573 e. The van der Waals surface area contributed by atoms with Gasteiger partial charge in [-0.05, 0) is 18.2 Å². The fourth-order valence-corrected chi connectivity index (χ4v) is 1.55. The van der Waals surface area contributed by atoms with Crippen LogP contribution in [0.2, 0.25) is 5.02 Å². The highest BCUT2D eigenvalue weighted by atomic mass is 35.5. The largest absolute Gasteiger partial charge is 0.573 e. The third-order valence-corrected chi connectivity index (χ3v) is 2.50. The Bertz CT molecular complexity index is 664. The van der Waals surface area contributed by atoms with Crippen LogP contribution >= 0.6 is 11.6 Å². The molecule has 0 aliphatic carbocycles. The fourth-order valence-electron chi connectivity index (χ4n) is 1.34. The van der Waals surface area contributed by atoms with Crippen LogP contribution in [0.5, 0.6) is 5.75 Å². The van der Waals surface area contributed by atoms with Crippen molar-refractivity contribution in [2.75, 3.05) is 11.5 Å². The molecule has 1 aromatic carbocycles. The summed E-state index contributed by atoms with van der Waals surface area (Å²) in [7, 11) is 0.